The molecule has 0 saturated carbocycles. The number of guanidine groups is 1. The van der Waals surface area contributed by atoms with E-state index in [-0.39, 0.29) is 29.9 Å². The van der Waals surface area contributed by atoms with Crippen molar-refractivity contribution >= 4 is 41.5 Å². The molecular weight excluding hydrogens is 529 g/mol. The molecule has 9 heteroatoms. The largest absolute Gasteiger partial charge is 0.357 e. The molecule has 1 aromatic carbocycles. The number of rotatable bonds is 8. The van der Waals surface area contributed by atoms with Crippen LogP contribution in [0.1, 0.15) is 62.7 Å². The molecule has 1 fully saturated rings. The van der Waals surface area contributed by atoms with Crippen LogP contribution in [0.25, 0.3) is 0 Å². The van der Waals surface area contributed by atoms with Crippen LogP contribution in [0.3, 0.4) is 0 Å². The lowest BCUT2D eigenvalue weighted by Crippen LogP contribution is -2.37. The van der Waals surface area contributed by atoms with Crippen molar-refractivity contribution in [2.75, 3.05) is 24.5 Å². The molecule has 4 rings (SSSR count). The van der Waals surface area contributed by atoms with E-state index >= 15 is 0 Å². The highest BCUT2D eigenvalue weighted by Crippen LogP contribution is 2.21. The molecule has 8 nitrogen and oxygen atoms in total. The van der Waals surface area contributed by atoms with Crippen molar-refractivity contribution in [3.63, 3.8) is 0 Å². The molecule has 2 aliphatic rings. The molecule has 2 aliphatic heterocycles. The fourth-order valence-electron chi connectivity index (χ4n) is 4.40. The van der Waals surface area contributed by atoms with E-state index in [4.69, 9.17) is 4.99 Å². The lowest BCUT2D eigenvalue weighted by molar-refractivity contribution is -0.117. The van der Waals surface area contributed by atoms with Gasteiger partial charge in [-0.1, -0.05) is 18.6 Å². The molecule has 1 saturated heterocycles. The van der Waals surface area contributed by atoms with Crippen LogP contribution in [0.15, 0.2) is 29.3 Å². The summed E-state index contributed by atoms with van der Waals surface area (Å²) in [7, 11) is 0. The van der Waals surface area contributed by atoms with Crippen LogP contribution >= 0.6 is 24.0 Å². The van der Waals surface area contributed by atoms with E-state index in [1.165, 1.54) is 19.3 Å². The smallest absolute Gasteiger partial charge is 0.227 e. The number of carbonyl (C=O) groups is 1. The molecule has 1 amide bonds. The topological polar surface area (TPSA) is 87.4 Å². The zero-order chi connectivity index (χ0) is 22.2. The number of nitrogens with zero attached hydrogens (tertiary/aromatic N) is 5. The van der Waals surface area contributed by atoms with Crippen molar-refractivity contribution < 1.29 is 4.79 Å². The predicted octanol–water partition coefficient (Wildman–Crippen LogP) is 3.44. The van der Waals surface area contributed by atoms with Crippen LogP contribution in [0.2, 0.25) is 0 Å². The van der Waals surface area contributed by atoms with Crippen molar-refractivity contribution in [2.45, 2.75) is 71.4 Å². The third-order valence-corrected chi connectivity index (χ3v) is 6.14. The van der Waals surface area contributed by atoms with E-state index in [0.717, 1.165) is 80.7 Å². The van der Waals surface area contributed by atoms with Gasteiger partial charge in [0.15, 0.2) is 5.96 Å². The summed E-state index contributed by atoms with van der Waals surface area (Å²) in [4.78, 5) is 18.5. The normalized spacial score (nSPS) is 16.2. The molecule has 0 atom stereocenters. The van der Waals surface area contributed by atoms with Crippen molar-refractivity contribution in [1.29, 1.82) is 0 Å². The fraction of sp³-hybridized carbons (Fsp3) is 0.583. The highest BCUT2D eigenvalue weighted by atomic mass is 127. The molecule has 0 aliphatic carbocycles. The Kier molecular flexibility index (Phi) is 9.95. The minimum Gasteiger partial charge on any atom is -0.357 e. The standard InChI is InChI=1S/C24H35N7O.HI/c1-2-25-24(26-15-6-9-22-29-28-21-8-4-3-5-16-31(21)22)27-18-19-11-13-20(14-12-19)30-17-7-10-23(30)32;/h11-14H,2-10,15-18H2,1H3,(H2,25,26,27);1H. The summed E-state index contributed by atoms with van der Waals surface area (Å²) < 4.78 is 2.33. The third-order valence-electron chi connectivity index (χ3n) is 6.14. The first kappa shape index (κ1) is 25.5. The van der Waals surface area contributed by atoms with Gasteiger partial charge in [0.2, 0.25) is 5.91 Å². The number of carbonyl (C=O) groups excluding carboxylic acids is 1. The van der Waals surface area contributed by atoms with Crippen molar-refractivity contribution in [3.8, 4) is 0 Å². The lowest BCUT2D eigenvalue weighted by atomic mass is 10.2. The van der Waals surface area contributed by atoms with Crippen molar-refractivity contribution in [2.24, 2.45) is 4.99 Å². The van der Waals surface area contributed by atoms with E-state index in [2.05, 4.69) is 44.5 Å². The minimum absolute atomic E-state index is 0. The summed E-state index contributed by atoms with van der Waals surface area (Å²) in [6.45, 7) is 6.21. The second-order valence-electron chi connectivity index (χ2n) is 8.54. The molecule has 0 bridgehead atoms. The monoisotopic (exact) mass is 565 g/mol. The molecule has 0 spiro atoms. The number of benzene rings is 1. The van der Waals surface area contributed by atoms with Crippen molar-refractivity contribution in [1.82, 2.24) is 25.4 Å². The molecule has 0 unspecified atom stereocenters. The molecular formula is C24H36IN7O. The van der Waals surface area contributed by atoms with Crippen LogP contribution in [0.4, 0.5) is 5.69 Å². The maximum atomic E-state index is 11.9. The fourth-order valence-corrected chi connectivity index (χ4v) is 4.40. The number of hydrogen-bond acceptors (Lipinski definition) is 4. The molecule has 2 aromatic rings. The molecule has 1 aromatic heterocycles. The summed E-state index contributed by atoms with van der Waals surface area (Å²) in [5.41, 5.74) is 2.11. The minimum atomic E-state index is 0. The maximum absolute atomic E-state index is 11.9. The van der Waals surface area contributed by atoms with Crippen LogP contribution in [0, 0.1) is 0 Å². The average Bonchev–Trinajstić information content (AvgIpc) is 3.33. The van der Waals surface area contributed by atoms with Gasteiger partial charge in [0, 0.05) is 51.1 Å². The van der Waals surface area contributed by atoms with Crippen LogP contribution < -0.4 is 15.5 Å². The highest BCUT2D eigenvalue weighted by molar-refractivity contribution is 14.0. The van der Waals surface area contributed by atoms with Gasteiger partial charge >= 0.3 is 0 Å². The van der Waals surface area contributed by atoms with Gasteiger partial charge in [-0.05, 0) is 50.3 Å². The summed E-state index contributed by atoms with van der Waals surface area (Å²) in [6, 6.07) is 8.17. The number of hydrogen-bond donors (Lipinski definition) is 2. The van der Waals surface area contributed by atoms with Gasteiger partial charge in [-0.25, -0.2) is 4.99 Å². The van der Waals surface area contributed by atoms with Crippen LogP contribution in [-0.4, -0.2) is 46.3 Å². The van der Waals surface area contributed by atoms with Gasteiger partial charge in [-0.2, -0.15) is 0 Å². The number of anilines is 1. The Bertz CT molecular complexity index is 925. The van der Waals surface area contributed by atoms with Gasteiger partial charge < -0.3 is 20.1 Å². The van der Waals surface area contributed by atoms with E-state index in [1.807, 2.05) is 17.0 Å². The number of aliphatic imine (C=N–C) groups is 1. The molecule has 3 heterocycles. The first-order valence-corrected chi connectivity index (χ1v) is 12.1. The Balaban J connectivity index is 0.00000306. The molecule has 0 radical (unpaired) electrons. The van der Waals surface area contributed by atoms with E-state index in [1.54, 1.807) is 0 Å². The van der Waals surface area contributed by atoms with Gasteiger partial charge in [-0.15, -0.1) is 34.2 Å². The maximum Gasteiger partial charge on any atom is 0.227 e. The quantitative estimate of drug-likeness (QED) is 0.222. The Morgan fingerprint density at radius 2 is 1.88 bits per heavy atom. The second kappa shape index (κ2) is 12.9. The number of halogens is 1. The predicted molar refractivity (Wildman–Crippen MR) is 142 cm³/mol. The molecule has 33 heavy (non-hydrogen) atoms. The first-order chi connectivity index (χ1) is 15.7. The van der Waals surface area contributed by atoms with Gasteiger partial charge in [0.1, 0.15) is 11.6 Å². The Morgan fingerprint density at radius 1 is 1.03 bits per heavy atom. The number of amides is 1. The average molecular weight is 566 g/mol. The Morgan fingerprint density at radius 3 is 2.64 bits per heavy atom. The zero-order valence-electron chi connectivity index (χ0n) is 19.6. The second-order valence-corrected chi connectivity index (χ2v) is 8.54. The summed E-state index contributed by atoms with van der Waals surface area (Å²) in [5.74, 6) is 3.31. The van der Waals surface area contributed by atoms with Gasteiger partial charge in [-0.3, -0.25) is 4.79 Å². The summed E-state index contributed by atoms with van der Waals surface area (Å²) in [5, 5.41) is 15.6. The third kappa shape index (κ3) is 6.91. The van der Waals surface area contributed by atoms with Crippen LogP contribution in [0.5, 0.6) is 0 Å². The Labute approximate surface area is 213 Å². The first-order valence-electron chi connectivity index (χ1n) is 12.1. The zero-order valence-corrected chi connectivity index (χ0v) is 21.9. The van der Waals surface area contributed by atoms with Crippen molar-refractivity contribution in [3.05, 3.63) is 41.5 Å². The van der Waals surface area contributed by atoms with E-state index in [9.17, 15) is 4.79 Å². The van der Waals surface area contributed by atoms with Gasteiger partial charge in [0.25, 0.3) is 0 Å². The number of fused-ring (bicyclic) bond motifs is 1. The highest BCUT2D eigenvalue weighted by Gasteiger charge is 2.21. The summed E-state index contributed by atoms with van der Waals surface area (Å²) >= 11 is 0. The Hall–Kier alpha value is -2.17. The van der Waals surface area contributed by atoms with Gasteiger partial charge in [0.05, 0.1) is 6.54 Å². The van der Waals surface area contributed by atoms with E-state index in [0.29, 0.717) is 13.0 Å². The number of nitrogens with one attached hydrogen (secondary N) is 2. The lowest BCUT2D eigenvalue weighted by Gasteiger charge is -2.16. The van der Waals surface area contributed by atoms with E-state index < -0.39 is 0 Å². The number of aryl methyl sites for hydroxylation is 2. The van der Waals surface area contributed by atoms with Crippen LogP contribution in [-0.2, 0) is 30.7 Å². The SMILES string of the molecule is CCNC(=NCc1ccc(N2CCCC2=O)cc1)NCCCc1nnc2n1CCCCC2.I. The summed E-state index contributed by atoms with van der Waals surface area (Å²) in [6.07, 6.45) is 8.30. The molecule has 180 valence electrons. The molecule has 2 N–H and O–H groups in total. The number of aromatic nitrogens is 3.